The van der Waals surface area contributed by atoms with Crippen LogP contribution in [-0.2, 0) is 9.53 Å². The Labute approximate surface area is 118 Å². The van der Waals surface area contributed by atoms with Gasteiger partial charge in [0, 0.05) is 5.57 Å². The summed E-state index contributed by atoms with van der Waals surface area (Å²) in [7, 11) is 0. The third kappa shape index (κ3) is 6.79. The molecule has 0 N–H and O–H groups in total. The summed E-state index contributed by atoms with van der Waals surface area (Å²) in [6.45, 7) is 6.32. The lowest BCUT2D eigenvalue weighted by Gasteiger charge is -2.21. The van der Waals surface area contributed by atoms with E-state index in [1.54, 1.807) is 0 Å². The summed E-state index contributed by atoms with van der Waals surface area (Å²) in [5.74, 6) is 0.554. The van der Waals surface area contributed by atoms with E-state index in [-0.39, 0.29) is 12.1 Å². The van der Waals surface area contributed by atoms with Crippen molar-refractivity contribution in [3.63, 3.8) is 0 Å². The van der Waals surface area contributed by atoms with Crippen LogP contribution in [0, 0.1) is 5.92 Å². The Morgan fingerprint density at radius 1 is 1.16 bits per heavy atom. The minimum Gasteiger partial charge on any atom is -0.459 e. The third-order valence-electron chi connectivity index (χ3n) is 3.93. The summed E-state index contributed by atoms with van der Waals surface area (Å²) in [6.07, 6.45) is 12.4. The van der Waals surface area contributed by atoms with Crippen molar-refractivity contribution in [2.45, 2.75) is 84.7 Å². The Kier molecular flexibility index (Phi) is 7.85. The Morgan fingerprint density at radius 3 is 2.26 bits per heavy atom. The van der Waals surface area contributed by atoms with E-state index in [1.807, 2.05) is 13.0 Å². The SMILES string of the molecule is CC=C(CCC(C)C)C(=O)OC1CCCCCCC1. The minimum absolute atomic E-state index is 0.0753. The standard InChI is InChI=1S/C17H30O2/c1-4-15(13-12-14(2)3)17(18)19-16-10-8-6-5-7-9-11-16/h4,14,16H,5-13H2,1-3H3. The number of carbonyl (C=O) groups is 1. The van der Waals surface area contributed by atoms with E-state index in [1.165, 1.54) is 32.1 Å². The lowest BCUT2D eigenvalue weighted by atomic mass is 9.98. The molecule has 0 atom stereocenters. The second-order valence-electron chi connectivity index (χ2n) is 6.12. The van der Waals surface area contributed by atoms with E-state index < -0.39 is 0 Å². The van der Waals surface area contributed by atoms with Gasteiger partial charge in [0.25, 0.3) is 0 Å². The van der Waals surface area contributed by atoms with Crippen LogP contribution in [0.1, 0.15) is 78.6 Å². The zero-order valence-electron chi connectivity index (χ0n) is 12.9. The van der Waals surface area contributed by atoms with Crippen LogP contribution in [-0.4, -0.2) is 12.1 Å². The number of ether oxygens (including phenoxy) is 1. The molecule has 0 aromatic carbocycles. The van der Waals surface area contributed by atoms with E-state index in [0.717, 1.165) is 31.3 Å². The second kappa shape index (κ2) is 9.17. The highest BCUT2D eigenvalue weighted by Gasteiger charge is 2.18. The molecule has 1 rings (SSSR count). The van der Waals surface area contributed by atoms with Gasteiger partial charge in [0.1, 0.15) is 6.10 Å². The van der Waals surface area contributed by atoms with Gasteiger partial charge in [-0.1, -0.05) is 39.2 Å². The molecule has 110 valence electrons. The molecule has 0 aromatic rings. The van der Waals surface area contributed by atoms with Crippen LogP contribution >= 0.6 is 0 Å². The van der Waals surface area contributed by atoms with Crippen molar-refractivity contribution in [1.82, 2.24) is 0 Å². The van der Waals surface area contributed by atoms with Crippen LogP contribution in [0.2, 0.25) is 0 Å². The van der Waals surface area contributed by atoms with Crippen LogP contribution in [0.3, 0.4) is 0 Å². The molecule has 0 aromatic heterocycles. The lowest BCUT2D eigenvalue weighted by molar-refractivity contribution is -0.145. The third-order valence-corrected chi connectivity index (χ3v) is 3.93. The van der Waals surface area contributed by atoms with Crippen molar-refractivity contribution in [1.29, 1.82) is 0 Å². The molecule has 0 heterocycles. The van der Waals surface area contributed by atoms with Crippen molar-refractivity contribution in [3.05, 3.63) is 11.6 Å². The van der Waals surface area contributed by atoms with Gasteiger partial charge in [0.2, 0.25) is 0 Å². The maximum atomic E-state index is 12.2. The van der Waals surface area contributed by atoms with Crippen molar-refractivity contribution in [3.8, 4) is 0 Å². The van der Waals surface area contributed by atoms with Crippen molar-refractivity contribution in [2.24, 2.45) is 5.92 Å². The summed E-state index contributed by atoms with van der Waals surface area (Å²) in [6, 6.07) is 0. The summed E-state index contributed by atoms with van der Waals surface area (Å²) >= 11 is 0. The smallest absolute Gasteiger partial charge is 0.333 e. The highest BCUT2D eigenvalue weighted by Crippen LogP contribution is 2.21. The zero-order valence-corrected chi connectivity index (χ0v) is 12.9. The molecule has 1 fully saturated rings. The first-order valence-corrected chi connectivity index (χ1v) is 7.99. The molecular weight excluding hydrogens is 236 g/mol. The molecule has 0 bridgehead atoms. The van der Waals surface area contributed by atoms with Gasteiger partial charge in [-0.05, 0) is 51.4 Å². The van der Waals surface area contributed by atoms with Crippen molar-refractivity contribution >= 4 is 5.97 Å². The summed E-state index contributed by atoms with van der Waals surface area (Å²) in [5, 5.41) is 0. The predicted molar refractivity (Wildman–Crippen MR) is 80.0 cm³/mol. The Balaban J connectivity index is 2.41. The highest BCUT2D eigenvalue weighted by atomic mass is 16.5. The van der Waals surface area contributed by atoms with Crippen molar-refractivity contribution in [2.75, 3.05) is 0 Å². The van der Waals surface area contributed by atoms with Crippen LogP contribution in [0.4, 0.5) is 0 Å². The van der Waals surface area contributed by atoms with Gasteiger partial charge in [0.05, 0.1) is 0 Å². The first-order valence-electron chi connectivity index (χ1n) is 7.99. The average Bonchev–Trinajstić information content (AvgIpc) is 2.32. The average molecular weight is 266 g/mol. The lowest BCUT2D eigenvalue weighted by Crippen LogP contribution is -2.20. The molecule has 0 unspecified atom stereocenters. The fraction of sp³-hybridized carbons (Fsp3) is 0.824. The number of carbonyl (C=O) groups excluding carboxylic acids is 1. The molecule has 2 nitrogen and oxygen atoms in total. The molecule has 0 radical (unpaired) electrons. The summed E-state index contributed by atoms with van der Waals surface area (Å²) in [5.41, 5.74) is 0.857. The molecule has 0 aliphatic heterocycles. The molecular formula is C17H30O2. The molecule has 0 amide bonds. The van der Waals surface area contributed by atoms with E-state index in [9.17, 15) is 4.79 Å². The molecule has 0 spiro atoms. The topological polar surface area (TPSA) is 26.3 Å². The van der Waals surface area contributed by atoms with Crippen molar-refractivity contribution < 1.29 is 9.53 Å². The molecule has 1 saturated carbocycles. The predicted octanol–water partition coefficient (Wildman–Crippen LogP) is 5.03. The second-order valence-corrected chi connectivity index (χ2v) is 6.12. The quantitative estimate of drug-likeness (QED) is 0.515. The zero-order chi connectivity index (χ0) is 14.1. The summed E-state index contributed by atoms with van der Waals surface area (Å²) in [4.78, 5) is 12.2. The van der Waals surface area contributed by atoms with Gasteiger partial charge in [-0.25, -0.2) is 4.79 Å². The van der Waals surface area contributed by atoms with Crippen LogP contribution < -0.4 is 0 Å². The van der Waals surface area contributed by atoms with E-state index >= 15 is 0 Å². The van der Waals surface area contributed by atoms with Gasteiger partial charge in [0.15, 0.2) is 0 Å². The largest absolute Gasteiger partial charge is 0.459 e. The van der Waals surface area contributed by atoms with E-state index in [0.29, 0.717) is 5.92 Å². The first kappa shape index (κ1) is 16.3. The number of hydrogen-bond acceptors (Lipinski definition) is 2. The maximum absolute atomic E-state index is 12.2. The van der Waals surface area contributed by atoms with E-state index in [4.69, 9.17) is 4.74 Å². The summed E-state index contributed by atoms with van der Waals surface area (Å²) < 4.78 is 5.70. The number of rotatable bonds is 5. The number of hydrogen-bond donors (Lipinski definition) is 0. The van der Waals surface area contributed by atoms with Crippen LogP contribution in [0.5, 0.6) is 0 Å². The molecule has 1 aliphatic rings. The van der Waals surface area contributed by atoms with Gasteiger partial charge >= 0.3 is 5.97 Å². The normalized spacial score (nSPS) is 19.1. The van der Waals surface area contributed by atoms with Crippen LogP contribution in [0.15, 0.2) is 11.6 Å². The highest BCUT2D eigenvalue weighted by molar-refractivity contribution is 5.88. The molecule has 2 heteroatoms. The number of esters is 1. The monoisotopic (exact) mass is 266 g/mol. The molecule has 0 saturated heterocycles. The maximum Gasteiger partial charge on any atom is 0.333 e. The van der Waals surface area contributed by atoms with E-state index in [2.05, 4.69) is 13.8 Å². The molecule has 19 heavy (non-hydrogen) atoms. The van der Waals surface area contributed by atoms with Gasteiger partial charge in [-0.3, -0.25) is 0 Å². The minimum atomic E-state index is -0.0753. The Morgan fingerprint density at radius 2 is 1.74 bits per heavy atom. The van der Waals surface area contributed by atoms with Gasteiger partial charge in [-0.2, -0.15) is 0 Å². The fourth-order valence-electron chi connectivity index (χ4n) is 2.57. The fourth-order valence-corrected chi connectivity index (χ4v) is 2.57. The first-order chi connectivity index (χ1) is 9.13. The molecule has 1 aliphatic carbocycles. The van der Waals surface area contributed by atoms with Crippen LogP contribution in [0.25, 0.3) is 0 Å². The van der Waals surface area contributed by atoms with Gasteiger partial charge in [-0.15, -0.1) is 0 Å². The Hall–Kier alpha value is -0.790. The Bertz CT molecular complexity index is 284. The van der Waals surface area contributed by atoms with Gasteiger partial charge < -0.3 is 4.74 Å². The number of allylic oxidation sites excluding steroid dienone is 1.